The first-order valence-electron chi connectivity index (χ1n) is 8.95. The summed E-state index contributed by atoms with van der Waals surface area (Å²) in [4.78, 5) is 0. The molecule has 1 heterocycles. The van der Waals surface area contributed by atoms with Gasteiger partial charge in [-0.3, -0.25) is 0 Å². The van der Waals surface area contributed by atoms with Crippen molar-refractivity contribution < 1.29 is 26.7 Å². The molecule has 1 aliphatic heterocycles. The summed E-state index contributed by atoms with van der Waals surface area (Å²) in [6.07, 6.45) is -0.695. The van der Waals surface area contributed by atoms with E-state index in [4.69, 9.17) is 33.1 Å². The fourth-order valence-electron chi connectivity index (χ4n) is 3.59. The highest BCUT2D eigenvalue weighted by atomic mass is 35.5. The summed E-state index contributed by atoms with van der Waals surface area (Å²) in [6.45, 7) is -3.07. The Labute approximate surface area is 187 Å². The van der Waals surface area contributed by atoms with E-state index in [1.165, 1.54) is 12.1 Å². The number of primary sulfonamides is 1. The van der Waals surface area contributed by atoms with E-state index in [0.29, 0.717) is 32.8 Å². The SMILES string of the molecule is NS(=O)(=O)Cc1ccc2c(c1)C(c1cccc(Cl)c1)Oc1cc(Cl)cc(OC(F)F)c1-2. The fraction of sp³-hybridized carbons (Fsp3) is 0.143. The topological polar surface area (TPSA) is 78.6 Å². The molecule has 1 aliphatic rings. The minimum Gasteiger partial charge on any atom is -0.480 e. The summed E-state index contributed by atoms with van der Waals surface area (Å²) in [5.74, 6) is -0.293. The van der Waals surface area contributed by atoms with Crippen LogP contribution in [0.5, 0.6) is 11.5 Å². The van der Waals surface area contributed by atoms with Crippen molar-refractivity contribution in [2.45, 2.75) is 18.5 Å². The Morgan fingerprint density at radius 3 is 2.52 bits per heavy atom. The number of alkyl halides is 2. The summed E-state index contributed by atoms with van der Waals surface area (Å²) >= 11 is 12.2. The molecule has 5 nitrogen and oxygen atoms in total. The molecular weight excluding hydrogens is 471 g/mol. The zero-order valence-corrected chi connectivity index (χ0v) is 18.0. The third kappa shape index (κ3) is 4.77. The Morgan fingerprint density at radius 2 is 1.84 bits per heavy atom. The molecule has 2 N–H and O–H groups in total. The average Bonchev–Trinajstić information content (AvgIpc) is 2.65. The predicted octanol–water partition coefficient (Wildman–Crippen LogP) is 5.53. The van der Waals surface area contributed by atoms with Crippen molar-refractivity contribution in [2.24, 2.45) is 5.14 Å². The predicted molar refractivity (Wildman–Crippen MR) is 114 cm³/mol. The van der Waals surface area contributed by atoms with Crippen LogP contribution in [0.25, 0.3) is 11.1 Å². The Balaban J connectivity index is 1.95. The van der Waals surface area contributed by atoms with Crippen LogP contribution in [0.2, 0.25) is 10.0 Å². The van der Waals surface area contributed by atoms with Gasteiger partial charge in [0, 0.05) is 15.6 Å². The first-order chi connectivity index (χ1) is 14.6. The number of sulfonamides is 1. The monoisotopic (exact) mass is 485 g/mol. The summed E-state index contributed by atoms with van der Waals surface area (Å²) in [6, 6.07) is 14.5. The van der Waals surface area contributed by atoms with Crippen LogP contribution in [0.1, 0.15) is 22.8 Å². The highest BCUT2D eigenvalue weighted by Crippen LogP contribution is 2.50. The van der Waals surface area contributed by atoms with Crippen molar-refractivity contribution >= 4 is 33.2 Å². The number of hydrogen-bond donors (Lipinski definition) is 1. The first-order valence-corrected chi connectivity index (χ1v) is 11.4. The van der Waals surface area contributed by atoms with Crippen molar-refractivity contribution in [1.82, 2.24) is 0 Å². The van der Waals surface area contributed by atoms with Crippen LogP contribution in [0.15, 0.2) is 54.6 Å². The van der Waals surface area contributed by atoms with Gasteiger partial charge in [0.2, 0.25) is 10.0 Å². The van der Waals surface area contributed by atoms with Crippen LogP contribution in [-0.2, 0) is 15.8 Å². The van der Waals surface area contributed by atoms with Gasteiger partial charge in [0.05, 0.1) is 11.3 Å². The van der Waals surface area contributed by atoms with Gasteiger partial charge in [0.15, 0.2) is 0 Å². The van der Waals surface area contributed by atoms with Gasteiger partial charge in [-0.25, -0.2) is 13.6 Å². The van der Waals surface area contributed by atoms with E-state index in [0.717, 1.165) is 0 Å². The van der Waals surface area contributed by atoms with Crippen LogP contribution in [0, 0.1) is 0 Å². The maximum atomic E-state index is 13.0. The van der Waals surface area contributed by atoms with Gasteiger partial charge in [-0.2, -0.15) is 8.78 Å². The van der Waals surface area contributed by atoms with Crippen LogP contribution < -0.4 is 14.6 Å². The zero-order chi connectivity index (χ0) is 22.3. The number of rotatable bonds is 5. The molecule has 3 aromatic carbocycles. The van der Waals surface area contributed by atoms with E-state index in [-0.39, 0.29) is 16.5 Å². The molecule has 0 aliphatic carbocycles. The smallest absolute Gasteiger partial charge is 0.387 e. The van der Waals surface area contributed by atoms with Gasteiger partial charge in [-0.1, -0.05) is 53.5 Å². The summed E-state index contributed by atoms with van der Waals surface area (Å²) < 4.78 is 60.1. The van der Waals surface area contributed by atoms with Crippen LogP contribution in [0.4, 0.5) is 8.78 Å². The summed E-state index contributed by atoms with van der Waals surface area (Å²) in [7, 11) is -3.79. The number of halogens is 4. The van der Waals surface area contributed by atoms with Gasteiger partial charge >= 0.3 is 6.61 Å². The standard InChI is InChI=1S/C21H15Cl2F2NO4S/c22-13-3-1-2-12(7-13)20-16-6-11(10-31(26,27)28)4-5-15(16)19-17(29-20)8-14(23)9-18(19)30-21(24)25/h1-9,20-21H,10H2,(H2,26,27,28). The van der Waals surface area contributed by atoms with Crippen molar-refractivity contribution in [3.63, 3.8) is 0 Å². The molecule has 3 aromatic rings. The van der Waals surface area contributed by atoms with Gasteiger partial charge < -0.3 is 9.47 Å². The van der Waals surface area contributed by atoms with Crippen molar-refractivity contribution in [2.75, 3.05) is 0 Å². The van der Waals surface area contributed by atoms with E-state index < -0.39 is 28.5 Å². The third-order valence-corrected chi connectivity index (χ3v) is 5.87. The van der Waals surface area contributed by atoms with Crippen molar-refractivity contribution in [1.29, 1.82) is 0 Å². The first kappa shape index (κ1) is 21.8. The minimum atomic E-state index is -3.79. The second-order valence-corrected chi connectivity index (χ2v) is 9.42. The molecule has 1 atom stereocenters. The number of benzene rings is 3. The van der Waals surface area contributed by atoms with E-state index in [9.17, 15) is 17.2 Å². The van der Waals surface area contributed by atoms with Gasteiger partial charge in [-0.05, 0) is 41.0 Å². The molecule has 162 valence electrons. The molecule has 4 rings (SSSR count). The molecule has 0 aromatic heterocycles. The van der Waals surface area contributed by atoms with Crippen molar-refractivity contribution in [3.8, 4) is 22.6 Å². The highest BCUT2D eigenvalue weighted by Gasteiger charge is 2.31. The number of hydrogen-bond acceptors (Lipinski definition) is 4. The Hall–Kier alpha value is -2.39. The molecule has 0 bridgehead atoms. The summed E-state index contributed by atoms with van der Waals surface area (Å²) in [5.41, 5.74) is 2.49. The zero-order valence-electron chi connectivity index (χ0n) is 15.7. The quantitative estimate of drug-likeness (QED) is 0.514. The maximum absolute atomic E-state index is 13.0. The van der Waals surface area contributed by atoms with Crippen LogP contribution >= 0.6 is 23.2 Å². The molecule has 0 saturated heterocycles. The molecule has 0 radical (unpaired) electrons. The molecular formula is C21H15Cl2F2NO4S. The average molecular weight is 486 g/mol. The Morgan fingerprint density at radius 1 is 1.06 bits per heavy atom. The minimum absolute atomic E-state index is 0.150. The van der Waals surface area contributed by atoms with E-state index in [1.54, 1.807) is 42.5 Å². The molecule has 0 amide bonds. The molecule has 1 unspecified atom stereocenters. The van der Waals surface area contributed by atoms with Crippen LogP contribution in [0.3, 0.4) is 0 Å². The Kier molecular flexibility index (Phi) is 5.83. The molecule has 0 saturated carbocycles. The highest BCUT2D eigenvalue weighted by molar-refractivity contribution is 7.88. The second kappa shape index (κ2) is 8.27. The number of ether oxygens (including phenoxy) is 2. The normalized spacial score (nSPS) is 15.2. The lowest BCUT2D eigenvalue weighted by Gasteiger charge is -2.31. The number of fused-ring (bicyclic) bond motifs is 3. The lowest BCUT2D eigenvalue weighted by Crippen LogP contribution is -2.18. The van der Waals surface area contributed by atoms with E-state index >= 15 is 0 Å². The van der Waals surface area contributed by atoms with Crippen LogP contribution in [-0.4, -0.2) is 15.0 Å². The molecule has 10 heteroatoms. The lowest BCUT2D eigenvalue weighted by atomic mass is 9.88. The second-order valence-electron chi connectivity index (χ2n) is 6.94. The van der Waals surface area contributed by atoms with Gasteiger partial charge in [0.25, 0.3) is 0 Å². The largest absolute Gasteiger partial charge is 0.480 e. The van der Waals surface area contributed by atoms with Crippen molar-refractivity contribution in [3.05, 3.63) is 81.3 Å². The lowest BCUT2D eigenvalue weighted by molar-refractivity contribution is -0.0496. The molecule has 0 spiro atoms. The molecule has 31 heavy (non-hydrogen) atoms. The Bertz CT molecular complexity index is 1270. The van der Waals surface area contributed by atoms with E-state index in [2.05, 4.69) is 4.74 Å². The fourth-order valence-corrected chi connectivity index (χ4v) is 4.63. The third-order valence-electron chi connectivity index (χ3n) is 4.68. The van der Waals surface area contributed by atoms with Gasteiger partial charge in [-0.15, -0.1) is 0 Å². The van der Waals surface area contributed by atoms with E-state index in [1.807, 2.05) is 0 Å². The number of nitrogens with two attached hydrogens (primary N) is 1. The summed E-state index contributed by atoms with van der Waals surface area (Å²) in [5, 5.41) is 5.82. The van der Waals surface area contributed by atoms with Gasteiger partial charge in [0.1, 0.15) is 17.6 Å². The molecule has 0 fully saturated rings. The maximum Gasteiger partial charge on any atom is 0.387 e.